The summed E-state index contributed by atoms with van der Waals surface area (Å²) in [6.07, 6.45) is 2.51. The molecule has 1 fully saturated rings. The van der Waals surface area contributed by atoms with E-state index in [2.05, 4.69) is 22.1 Å². The fourth-order valence-corrected chi connectivity index (χ4v) is 3.06. The monoisotopic (exact) mass is 267 g/mol. The van der Waals surface area contributed by atoms with E-state index in [-0.39, 0.29) is 11.9 Å². The van der Waals surface area contributed by atoms with Crippen LogP contribution in [-0.2, 0) is 0 Å². The van der Waals surface area contributed by atoms with Crippen LogP contribution < -0.4 is 10.2 Å². The number of hydrogen-bond donors (Lipinski definition) is 1. The maximum absolute atomic E-state index is 11.8. The first-order valence-corrected chi connectivity index (χ1v) is 7.45. The smallest absolute Gasteiger partial charge is 0.271 e. The molecular weight excluding hydrogens is 246 g/mol. The molecule has 2 heterocycles. The Hall–Kier alpha value is -1.10. The van der Waals surface area contributed by atoms with Crippen LogP contribution in [-0.4, -0.2) is 30.0 Å². The normalized spacial score (nSPS) is 20.2. The van der Waals surface area contributed by atoms with Crippen LogP contribution in [0.25, 0.3) is 0 Å². The molecule has 1 aromatic rings. The van der Waals surface area contributed by atoms with E-state index in [9.17, 15) is 4.79 Å². The Kier molecular flexibility index (Phi) is 4.22. The molecular formula is C13H21N3OS. The second kappa shape index (κ2) is 5.69. The topological polar surface area (TPSA) is 45.2 Å². The van der Waals surface area contributed by atoms with Crippen LogP contribution in [0, 0.1) is 5.92 Å². The van der Waals surface area contributed by atoms with Crippen LogP contribution >= 0.6 is 11.3 Å². The van der Waals surface area contributed by atoms with Gasteiger partial charge >= 0.3 is 0 Å². The standard InChI is InChI=1S/C13H21N3OS/c1-9(2)14-12(17)11-8-18-13(15-11)16-6-4-5-10(3)7-16/h8-10H,4-7H2,1-3H3,(H,14,17)/t10-/m1/s1. The molecule has 1 saturated heterocycles. The molecule has 0 bridgehead atoms. The first-order chi connectivity index (χ1) is 8.56. The summed E-state index contributed by atoms with van der Waals surface area (Å²) in [5, 5.41) is 5.71. The van der Waals surface area contributed by atoms with Crippen molar-refractivity contribution in [2.75, 3.05) is 18.0 Å². The third-order valence-corrected chi connectivity index (χ3v) is 3.97. The van der Waals surface area contributed by atoms with E-state index in [1.165, 1.54) is 12.8 Å². The van der Waals surface area contributed by atoms with E-state index in [0.717, 1.165) is 24.1 Å². The van der Waals surface area contributed by atoms with Gasteiger partial charge in [-0.1, -0.05) is 6.92 Å². The highest BCUT2D eigenvalue weighted by atomic mass is 32.1. The molecule has 4 nitrogen and oxygen atoms in total. The van der Waals surface area contributed by atoms with Gasteiger partial charge in [0, 0.05) is 24.5 Å². The zero-order chi connectivity index (χ0) is 13.1. The zero-order valence-corrected chi connectivity index (χ0v) is 12.1. The van der Waals surface area contributed by atoms with Crippen LogP contribution in [0.2, 0.25) is 0 Å². The number of aromatic nitrogens is 1. The summed E-state index contributed by atoms with van der Waals surface area (Å²) in [6.45, 7) is 8.29. The minimum Gasteiger partial charge on any atom is -0.349 e. The summed E-state index contributed by atoms with van der Waals surface area (Å²) in [4.78, 5) is 18.6. The average Bonchev–Trinajstić information content (AvgIpc) is 2.77. The van der Waals surface area contributed by atoms with Gasteiger partial charge in [-0.3, -0.25) is 4.79 Å². The number of thiazole rings is 1. The van der Waals surface area contributed by atoms with Gasteiger partial charge < -0.3 is 10.2 Å². The quantitative estimate of drug-likeness (QED) is 0.915. The van der Waals surface area contributed by atoms with Gasteiger partial charge in [0.05, 0.1) is 0 Å². The van der Waals surface area contributed by atoms with Crippen LogP contribution in [0.4, 0.5) is 5.13 Å². The summed E-state index contributed by atoms with van der Waals surface area (Å²) < 4.78 is 0. The molecule has 1 aliphatic rings. The number of rotatable bonds is 3. The molecule has 2 rings (SSSR count). The molecule has 0 aromatic carbocycles. The van der Waals surface area contributed by atoms with Gasteiger partial charge in [0.15, 0.2) is 5.13 Å². The number of piperidine rings is 1. The van der Waals surface area contributed by atoms with Gasteiger partial charge in [0.25, 0.3) is 5.91 Å². The molecule has 1 aromatic heterocycles. The van der Waals surface area contributed by atoms with Crippen LogP contribution in [0.1, 0.15) is 44.1 Å². The Bertz CT molecular complexity index is 416. The molecule has 18 heavy (non-hydrogen) atoms. The van der Waals surface area contributed by atoms with Crippen LogP contribution in [0.15, 0.2) is 5.38 Å². The Morgan fingerprint density at radius 3 is 3.06 bits per heavy atom. The summed E-state index contributed by atoms with van der Waals surface area (Å²) in [6, 6.07) is 0.151. The lowest BCUT2D eigenvalue weighted by Crippen LogP contribution is -2.34. The molecule has 100 valence electrons. The third kappa shape index (κ3) is 3.22. The zero-order valence-electron chi connectivity index (χ0n) is 11.3. The number of nitrogens with one attached hydrogen (secondary N) is 1. The second-order valence-corrected chi connectivity index (χ2v) is 6.17. The van der Waals surface area contributed by atoms with Crippen molar-refractivity contribution in [2.24, 2.45) is 5.92 Å². The second-order valence-electron chi connectivity index (χ2n) is 5.34. The van der Waals surface area contributed by atoms with Crippen LogP contribution in [0.5, 0.6) is 0 Å². The lowest BCUT2D eigenvalue weighted by Gasteiger charge is -2.30. The minimum atomic E-state index is -0.0717. The Balaban J connectivity index is 2.03. The van der Waals surface area contributed by atoms with Crippen molar-refractivity contribution in [3.05, 3.63) is 11.1 Å². The molecule has 0 radical (unpaired) electrons. The van der Waals surface area contributed by atoms with Crippen molar-refractivity contribution >= 4 is 22.4 Å². The van der Waals surface area contributed by atoms with E-state index in [1.807, 2.05) is 19.2 Å². The molecule has 1 atom stereocenters. The first-order valence-electron chi connectivity index (χ1n) is 6.57. The van der Waals surface area contributed by atoms with Gasteiger partial charge in [-0.15, -0.1) is 11.3 Å². The van der Waals surface area contributed by atoms with Gasteiger partial charge in [0.2, 0.25) is 0 Å². The molecule has 0 saturated carbocycles. The average molecular weight is 267 g/mol. The number of amides is 1. The highest BCUT2D eigenvalue weighted by molar-refractivity contribution is 7.13. The molecule has 0 aliphatic carbocycles. The van der Waals surface area contributed by atoms with E-state index in [1.54, 1.807) is 11.3 Å². The van der Waals surface area contributed by atoms with Gasteiger partial charge in [-0.25, -0.2) is 4.98 Å². The lowest BCUT2D eigenvalue weighted by molar-refractivity contribution is 0.0939. The van der Waals surface area contributed by atoms with E-state index < -0.39 is 0 Å². The van der Waals surface area contributed by atoms with Crippen molar-refractivity contribution < 1.29 is 4.79 Å². The van der Waals surface area contributed by atoms with Crippen LogP contribution in [0.3, 0.4) is 0 Å². The highest BCUT2D eigenvalue weighted by Crippen LogP contribution is 2.26. The van der Waals surface area contributed by atoms with Crippen molar-refractivity contribution in [2.45, 2.75) is 39.7 Å². The number of nitrogens with zero attached hydrogens (tertiary/aromatic N) is 2. The van der Waals surface area contributed by atoms with E-state index >= 15 is 0 Å². The Morgan fingerprint density at radius 2 is 2.39 bits per heavy atom. The molecule has 1 N–H and O–H groups in total. The number of hydrogen-bond acceptors (Lipinski definition) is 4. The maximum atomic E-state index is 11.8. The van der Waals surface area contributed by atoms with Crippen molar-refractivity contribution in [1.29, 1.82) is 0 Å². The SMILES string of the molecule is CC(C)NC(=O)c1csc(N2CCC[C@@H](C)C2)n1. The third-order valence-electron chi connectivity index (χ3n) is 3.07. The summed E-state index contributed by atoms with van der Waals surface area (Å²) in [5.41, 5.74) is 0.543. The van der Waals surface area contributed by atoms with Crippen molar-refractivity contribution in [3.8, 4) is 0 Å². The number of carbonyl (C=O) groups excluding carboxylic acids is 1. The van der Waals surface area contributed by atoms with Gasteiger partial charge in [0.1, 0.15) is 5.69 Å². The Labute approximate surface area is 112 Å². The van der Waals surface area contributed by atoms with Crippen molar-refractivity contribution in [3.63, 3.8) is 0 Å². The fourth-order valence-electron chi connectivity index (χ4n) is 2.21. The molecule has 1 amide bonds. The largest absolute Gasteiger partial charge is 0.349 e. The number of anilines is 1. The molecule has 5 heteroatoms. The lowest BCUT2D eigenvalue weighted by atomic mass is 10.0. The number of carbonyl (C=O) groups is 1. The van der Waals surface area contributed by atoms with E-state index in [4.69, 9.17) is 0 Å². The van der Waals surface area contributed by atoms with Gasteiger partial charge in [-0.05, 0) is 32.6 Å². The van der Waals surface area contributed by atoms with Gasteiger partial charge in [-0.2, -0.15) is 0 Å². The summed E-state index contributed by atoms with van der Waals surface area (Å²) in [5.74, 6) is 0.646. The molecule has 0 spiro atoms. The predicted octanol–water partition coefficient (Wildman–Crippen LogP) is 2.52. The maximum Gasteiger partial charge on any atom is 0.271 e. The summed E-state index contributed by atoms with van der Waals surface area (Å²) in [7, 11) is 0. The predicted molar refractivity (Wildman–Crippen MR) is 75.3 cm³/mol. The van der Waals surface area contributed by atoms with Crippen molar-refractivity contribution in [1.82, 2.24) is 10.3 Å². The summed E-state index contributed by atoms with van der Waals surface area (Å²) >= 11 is 1.57. The van der Waals surface area contributed by atoms with E-state index in [0.29, 0.717) is 5.69 Å². The molecule has 1 aliphatic heterocycles. The molecule has 0 unspecified atom stereocenters. The fraction of sp³-hybridized carbons (Fsp3) is 0.692. The first kappa shape index (κ1) is 13.3. The Morgan fingerprint density at radius 1 is 1.61 bits per heavy atom. The minimum absolute atomic E-state index is 0.0717. The highest BCUT2D eigenvalue weighted by Gasteiger charge is 2.20.